The average Bonchev–Trinajstić information content (AvgIpc) is 3.16. The van der Waals surface area contributed by atoms with Crippen molar-refractivity contribution in [1.29, 1.82) is 0 Å². The summed E-state index contributed by atoms with van der Waals surface area (Å²) in [7, 11) is 1.80. The van der Waals surface area contributed by atoms with Gasteiger partial charge < -0.3 is 15.5 Å². The Morgan fingerprint density at radius 2 is 1.93 bits per heavy atom. The standard InChI is InChI=1S/C19H33N7O/c1-20-19(21-7-3-10-26-11-4-8-23-26)22-9-12-24-13-15-25(16-14-24)18(27)17-5-2-6-17/h4,8,11,17H,2-3,5-7,9-10,12-16H2,1H3,(H2,20,21,22). The lowest BCUT2D eigenvalue weighted by Gasteiger charge is -2.38. The van der Waals surface area contributed by atoms with Gasteiger partial charge in [0.2, 0.25) is 5.91 Å². The smallest absolute Gasteiger partial charge is 0.225 e. The Balaban J connectivity index is 1.24. The van der Waals surface area contributed by atoms with Crippen molar-refractivity contribution in [2.75, 3.05) is 52.9 Å². The fourth-order valence-corrected chi connectivity index (χ4v) is 3.54. The average molecular weight is 376 g/mol. The number of carbonyl (C=O) groups excluding carboxylic acids is 1. The zero-order valence-corrected chi connectivity index (χ0v) is 16.4. The lowest BCUT2D eigenvalue weighted by molar-refractivity contribution is -0.139. The quantitative estimate of drug-likeness (QED) is 0.390. The van der Waals surface area contributed by atoms with Crippen LogP contribution in [0, 0.1) is 5.92 Å². The Hall–Kier alpha value is -2.09. The summed E-state index contributed by atoms with van der Waals surface area (Å²) in [6, 6.07) is 1.94. The number of piperazine rings is 1. The number of carbonyl (C=O) groups is 1. The fourth-order valence-electron chi connectivity index (χ4n) is 3.54. The SMILES string of the molecule is CN=C(NCCCn1cccn1)NCCN1CCN(C(=O)C2CCC2)CC1. The van der Waals surface area contributed by atoms with Gasteiger partial charge in [-0.1, -0.05) is 6.42 Å². The molecule has 2 N–H and O–H groups in total. The first-order chi connectivity index (χ1) is 13.3. The van der Waals surface area contributed by atoms with Crippen molar-refractivity contribution in [2.24, 2.45) is 10.9 Å². The van der Waals surface area contributed by atoms with Gasteiger partial charge >= 0.3 is 0 Å². The third-order valence-corrected chi connectivity index (χ3v) is 5.50. The molecule has 1 aliphatic heterocycles. The van der Waals surface area contributed by atoms with E-state index in [9.17, 15) is 4.79 Å². The van der Waals surface area contributed by atoms with E-state index in [0.29, 0.717) is 11.8 Å². The summed E-state index contributed by atoms with van der Waals surface area (Å²) in [4.78, 5) is 21.1. The van der Waals surface area contributed by atoms with Crippen LogP contribution in [0.1, 0.15) is 25.7 Å². The Labute approximate surface area is 162 Å². The number of guanidine groups is 1. The van der Waals surface area contributed by atoms with E-state index in [-0.39, 0.29) is 0 Å². The molecule has 2 aliphatic rings. The molecule has 150 valence electrons. The predicted octanol–water partition coefficient (Wildman–Crippen LogP) is 0.383. The van der Waals surface area contributed by atoms with Crippen molar-refractivity contribution in [3.63, 3.8) is 0 Å². The minimum Gasteiger partial charge on any atom is -0.356 e. The molecular formula is C19H33N7O. The van der Waals surface area contributed by atoms with Crippen LogP contribution in [0.4, 0.5) is 0 Å². The third-order valence-electron chi connectivity index (χ3n) is 5.50. The van der Waals surface area contributed by atoms with Crippen LogP contribution in [0.5, 0.6) is 0 Å². The highest BCUT2D eigenvalue weighted by Gasteiger charge is 2.30. The lowest BCUT2D eigenvalue weighted by Crippen LogP contribution is -2.52. The summed E-state index contributed by atoms with van der Waals surface area (Å²) in [6.07, 6.45) is 8.19. The maximum Gasteiger partial charge on any atom is 0.225 e. The molecule has 1 amide bonds. The second kappa shape index (κ2) is 10.3. The third kappa shape index (κ3) is 5.95. The van der Waals surface area contributed by atoms with Gasteiger partial charge in [0.1, 0.15) is 0 Å². The van der Waals surface area contributed by atoms with Crippen LogP contribution < -0.4 is 10.6 Å². The fraction of sp³-hybridized carbons (Fsp3) is 0.737. The number of hydrogen-bond acceptors (Lipinski definition) is 4. The zero-order valence-electron chi connectivity index (χ0n) is 16.4. The molecule has 0 aromatic carbocycles. The summed E-state index contributed by atoms with van der Waals surface area (Å²) in [5.41, 5.74) is 0. The zero-order chi connectivity index (χ0) is 18.9. The maximum absolute atomic E-state index is 12.3. The van der Waals surface area contributed by atoms with Crippen molar-refractivity contribution in [3.05, 3.63) is 18.5 Å². The molecule has 1 aromatic rings. The number of aliphatic imine (C=N–C) groups is 1. The molecule has 0 unspecified atom stereocenters. The van der Waals surface area contributed by atoms with Gasteiger partial charge in [-0.25, -0.2) is 0 Å². The van der Waals surface area contributed by atoms with Gasteiger partial charge in [0.25, 0.3) is 0 Å². The Kier molecular flexibility index (Phi) is 7.50. The van der Waals surface area contributed by atoms with Crippen LogP contribution in [-0.4, -0.2) is 84.3 Å². The highest BCUT2D eigenvalue weighted by Crippen LogP contribution is 2.28. The molecule has 0 radical (unpaired) electrons. The summed E-state index contributed by atoms with van der Waals surface area (Å²) in [6.45, 7) is 7.27. The summed E-state index contributed by atoms with van der Waals surface area (Å²) in [5.74, 6) is 1.55. The van der Waals surface area contributed by atoms with E-state index in [4.69, 9.17) is 0 Å². The van der Waals surface area contributed by atoms with E-state index < -0.39 is 0 Å². The van der Waals surface area contributed by atoms with Crippen LogP contribution in [-0.2, 0) is 11.3 Å². The largest absolute Gasteiger partial charge is 0.356 e. The number of nitrogens with one attached hydrogen (secondary N) is 2. The highest BCUT2D eigenvalue weighted by atomic mass is 16.2. The van der Waals surface area contributed by atoms with E-state index in [2.05, 4.69) is 30.5 Å². The van der Waals surface area contributed by atoms with Crippen LogP contribution in [0.3, 0.4) is 0 Å². The number of aromatic nitrogens is 2. The molecule has 2 heterocycles. The predicted molar refractivity (Wildman–Crippen MR) is 107 cm³/mol. The van der Waals surface area contributed by atoms with Crippen LogP contribution in [0.25, 0.3) is 0 Å². The van der Waals surface area contributed by atoms with E-state index in [1.807, 2.05) is 16.9 Å². The monoisotopic (exact) mass is 375 g/mol. The molecule has 1 aromatic heterocycles. The summed E-state index contributed by atoms with van der Waals surface area (Å²) < 4.78 is 1.94. The van der Waals surface area contributed by atoms with Gasteiger partial charge in [-0.3, -0.25) is 19.4 Å². The lowest BCUT2D eigenvalue weighted by atomic mass is 9.84. The topological polar surface area (TPSA) is 77.8 Å². The first-order valence-electron chi connectivity index (χ1n) is 10.2. The van der Waals surface area contributed by atoms with Crippen molar-refractivity contribution in [3.8, 4) is 0 Å². The molecule has 0 bridgehead atoms. The minimum absolute atomic E-state index is 0.320. The highest BCUT2D eigenvalue weighted by molar-refractivity contribution is 5.80. The summed E-state index contributed by atoms with van der Waals surface area (Å²) >= 11 is 0. The Bertz CT molecular complexity index is 589. The van der Waals surface area contributed by atoms with Gasteiger partial charge in [0.05, 0.1) is 0 Å². The van der Waals surface area contributed by atoms with E-state index in [1.165, 1.54) is 6.42 Å². The molecule has 1 saturated heterocycles. The summed E-state index contributed by atoms with van der Waals surface area (Å²) in [5, 5.41) is 10.9. The Morgan fingerprint density at radius 1 is 1.15 bits per heavy atom. The van der Waals surface area contributed by atoms with Gasteiger partial charge in [-0.15, -0.1) is 0 Å². The van der Waals surface area contributed by atoms with Crippen LogP contribution >= 0.6 is 0 Å². The first-order valence-corrected chi connectivity index (χ1v) is 10.2. The number of hydrogen-bond donors (Lipinski definition) is 2. The molecule has 1 aliphatic carbocycles. The number of amides is 1. The van der Waals surface area contributed by atoms with Crippen LogP contribution in [0.15, 0.2) is 23.5 Å². The molecule has 8 heteroatoms. The van der Waals surface area contributed by atoms with Crippen molar-refractivity contribution in [2.45, 2.75) is 32.2 Å². The molecule has 27 heavy (non-hydrogen) atoms. The van der Waals surface area contributed by atoms with Crippen molar-refractivity contribution in [1.82, 2.24) is 30.2 Å². The molecule has 1 saturated carbocycles. The first kappa shape index (κ1) is 19.7. The van der Waals surface area contributed by atoms with Crippen molar-refractivity contribution >= 4 is 11.9 Å². The van der Waals surface area contributed by atoms with Gasteiger partial charge in [0, 0.05) is 77.7 Å². The van der Waals surface area contributed by atoms with Gasteiger partial charge in [0.15, 0.2) is 5.96 Å². The molecular weight excluding hydrogens is 342 g/mol. The molecule has 2 fully saturated rings. The van der Waals surface area contributed by atoms with Gasteiger partial charge in [-0.2, -0.15) is 5.10 Å². The normalized spacial score (nSPS) is 19.0. The number of aryl methyl sites for hydroxylation is 1. The van der Waals surface area contributed by atoms with Crippen molar-refractivity contribution < 1.29 is 4.79 Å². The molecule has 8 nitrogen and oxygen atoms in total. The molecule has 3 rings (SSSR count). The minimum atomic E-state index is 0.320. The van der Waals surface area contributed by atoms with E-state index in [0.717, 1.165) is 77.6 Å². The van der Waals surface area contributed by atoms with E-state index in [1.54, 1.807) is 13.2 Å². The molecule has 0 spiro atoms. The number of nitrogens with zero attached hydrogens (tertiary/aromatic N) is 5. The Morgan fingerprint density at radius 3 is 2.56 bits per heavy atom. The number of rotatable bonds is 8. The molecule has 0 atom stereocenters. The maximum atomic E-state index is 12.3. The van der Waals surface area contributed by atoms with Gasteiger partial charge in [-0.05, 0) is 25.3 Å². The van der Waals surface area contributed by atoms with E-state index >= 15 is 0 Å². The second-order valence-electron chi connectivity index (χ2n) is 7.34. The second-order valence-corrected chi connectivity index (χ2v) is 7.34. The van der Waals surface area contributed by atoms with Crippen LogP contribution in [0.2, 0.25) is 0 Å².